The Balaban J connectivity index is 0.00000392. The maximum atomic E-state index is 13.1. The first-order chi connectivity index (χ1) is 12.7. The molecule has 1 aliphatic heterocycles. The number of amides is 2. The van der Waals surface area contributed by atoms with Crippen LogP contribution in [0.4, 0.5) is 18.9 Å². The molecule has 2 amide bonds. The highest BCUT2D eigenvalue weighted by atomic mass is 35.5. The van der Waals surface area contributed by atoms with Crippen LogP contribution in [-0.4, -0.2) is 49.6 Å². The first-order valence-corrected chi connectivity index (χ1v) is 8.77. The Kier molecular flexibility index (Phi) is 8.72. The van der Waals surface area contributed by atoms with Crippen molar-refractivity contribution in [1.29, 1.82) is 0 Å². The van der Waals surface area contributed by atoms with Crippen LogP contribution < -0.4 is 11.1 Å². The van der Waals surface area contributed by atoms with Crippen LogP contribution in [0.3, 0.4) is 0 Å². The molecule has 0 bridgehead atoms. The van der Waals surface area contributed by atoms with Crippen LogP contribution in [0.5, 0.6) is 0 Å². The molecule has 1 aliphatic rings. The lowest BCUT2D eigenvalue weighted by atomic mass is 9.79. The molecule has 3 N–H and O–H groups in total. The molecular formula is C18H25ClF3N3O3. The Morgan fingerprint density at radius 1 is 1.25 bits per heavy atom. The number of likely N-dealkylation sites (N-methyl/N-ethyl adjacent to an activating group) is 1. The minimum atomic E-state index is -4.59. The van der Waals surface area contributed by atoms with Crippen molar-refractivity contribution in [2.75, 3.05) is 38.2 Å². The van der Waals surface area contributed by atoms with E-state index in [2.05, 4.69) is 5.32 Å². The summed E-state index contributed by atoms with van der Waals surface area (Å²) in [7, 11) is 0. The number of rotatable bonds is 6. The normalized spacial score (nSPS) is 16.0. The zero-order chi connectivity index (χ0) is 20.1. The van der Waals surface area contributed by atoms with Gasteiger partial charge >= 0.3 is 6.18 Å². The highest BCUT2D eigenvalue weighted by Gasteiger charge is 2.41. The first kappa shape index (κ1) is 24.2. The number of nitrogens with two attached hydrogens (primary N) is 1. The molecule has 1 saturated heterocycles. The van der Waals surface area contributed by atoms with Crippen LogP contribution in [-0.2, 0) is 20.5 Å². The van der Waals surface area contributed by atoms with E-state index < -0.39 is 23.1 Å². The van der Waals surface area contributed by atoms with Crippen LogP contribution >= 0.6 is 12.4 Å². The van der Waals surface area contributed by atoms with E-state index in [-0.39, 0.29) is 43.6 Å². The number of benzene rings is 1. The van der Waals surface area contributed by atoms with E-state index in [1.54, 1.807) is 6.92 Å². The Bertz CT molecular complexity index is 680. The van der Waals surface area contributed by atoms with Gasteiger partial charge in [0, 0.05) is 26.3 Å². The van der Waals surface area contributed by atoms with Crippen LogP contribution in [0.15, 0.2) is 24.3 Å². The fourth-order valence-electron chi connectivity index (χ4n) is 3.13. The zero-order valence-corrected chi connectivity index (χ0v) is 16.4. The van der Waals surface area contributed by atoms with E-state index in [0.29, 0.717) is 26.1 Å². The van der Waals surface area contributed by atoms with Gasteiger partial charge in [0.05, 0.1) is 23.2 Å². The van der Waals surface area contributed by atoms with E-state index in [1.165, 1.54) is 23.1 Å². The van der Waals surface area contributed by atoms with Gasteiger partial charge in [-0.15, -0.1) is 12.4 Å². The number of ether oxygens (including phenoxy) is 1. The largest absolute Gasteiger partial charge is 0.418 e. The molecule has 1 heterocycles. The summed E-state index contributed by atoms with van der Waals surface area (Å²) in [5.41, 5.74) is 3.76. The number of halogens is 4. The van der Waals surface area contributed by atoms with Gasteiger partial charge in [-0.3, -0.25) is 9.59 Å². The summed E-state index contributed by atoms with van der Waals surface area (Å²) in [6.07, 6.45) is -3.68. The van der Waals surface area contributed by atoms with Gasteiger partial charge in [-0.2, -0.15) is 13.2 Å². The third-order valence-electron chi connectivity index (χ3n) is 4.80. The quantitative estimate of drug-likeness (QED) is 0.736. The van der Waals surface area contributed by atoms with Crippen molar-refractivity contribution in [2.45, 2.75) is 25.9 Å². The Hall–Kier alpha value is -1.84. The summed E-state index contributed by atoms with van der Waals surface area (Å²) < 4.78 is 44.4. The highest BCUT2D eigenvalue weighted by molar-refractivity contribution is 5.96. The molecule has 0 radical (unpaired) electrons. The molecule has 2 rings (SSSR count). The summed E-state index contributed by atoms with van der Waals surface area (Å²) in [5, 5.41) is 2.26. The molecule has 1 fully saturated rings. The third-order valence-corrected chi connectivity index (χ3v) is 4.80. The van der Waals surface area contributed by atoms with Crippen LogP contribution in [0.2, 0.25) is 0 Å². The average Bonchev–Trinajstić information content (AvgIpc) is 2.65. The van der Waals surface area contributed by atoms with E-state index >= 15 is 0 Å². The molecule has 0 unspecified atom stereocenters. The van der Waals surface area contributed by atoms with Crippen LogP contribution in [0.1, 0.15) is 25.3 Å². The van der Waals surface area contributed by atoms with Crippen molar-refractivity contribution in [2.24, 2.45) is 11.1 Å². The first-order valence-electron chi connectivity index (χ1n) is 8.77. The smallest absolute Gasteiger partial charge is 0.381 e. The van der Waals surface area contributed by atoms with E-state index in [0.717, 1.165) is 6.07 Å². The summed E-state index contributed by atoms with van der Waals surface area (Å²) >= 11 is 0. The second-order valence-electron chi connectivity index (χ2n) is 6.51. The number of hydrogen-bond donors (Lipinski definition) is 2. The van der Waals surface area contributed by atoms with E-state index in [9.17, 15) is 22.8 Å². The van der Waals surface area contributed by atoms with Gasteiger partial charge in [-0.25, -0.2) is 0 Å². The predicted molar refractivity (Wildman–Crippen MR) is 101 cm³/mol. The van der Waals surface area contributed by atoms with Gasteiger partial charge in [0.2, 0.25) is 11.8 Å². The lowest BCUT2D eigenvalue weighted by Gasteiger charge is -2.38. The van der Waals surface area contributed by atoms with Gasteiger partial charge in [0.1, 0.15) is 0 Å². The molecule has 1 aromatic carbocycles. The molecular weight excluding hydrogens is 399 g/mol. The fourth-order valence-corrected chi connectivity index (χ4v) is 3.13. The van der Waals surface area contributed by atoms with Gasteiger partial charge in [0.15, 0.2) is 0 Å². The predicted octanol–water partition coefficient (Wildman–Crippen LogP) is 2.67. The Labute approximate surface area is 168 Å². The summed E-state index contributed by atoms with van der Waals surface area (Å²) in [5.74, 6) is -0.962. The standard InChI is InChI=1S/C18H24F3N3O3.ClH/c1-2-24(16(26)17(12-22)7-9-27-10-8-17)11-15(25)23-14-6-4-3-5-13(14)18(19,20)21;/h3-6H,2,7-12,22H2,1H3,(H,23,25);1H. The summed E-state index contributed by atoms with van der Waals surface area (Å²) in [6, 6.07) is 4.72. The molecule has 158 valence electrons. The van der Waals surface area contributed by atoms with Gasteiger partial charge in [-0.05, 0) is 31.9 Å². The molecule has 0 atom stereocenters. The second kappa shape index (κ2) is 10.1. The minimum Gasteiger partial charge on any atom is -0.381 e. The minimum absolute atomic E-state index is 0. The number of nitrogens with one attached hydrogen (secondary N) is 1. The number of para-hydroxylation sites is 1. The lowest BCUT2D eigenvalue weighted by molar-refractivity contribution is -0.148. The van der Waals surface area contributed by atoms with Crippen LogP contribution in [0, 0.1) is 5.41 Å². The fraction of sp³-hybridized carbons (Fsp3) is 0.556. The number of alkyl halides is 3. The lowest BCUT2D eigenvalue weighted by Crippen LogP contribution is -2.52. The topological polar surface area (TPSA) is 84.7 Å². The molecule has 0 aromatic heterocycles. The van der Waals surface area contributed by atoms with Gasteiger partial charge in [0.25, 0.3) is 0 Å². The summed E-state index contributed by atoms with van der Waals surface area (Å²) in [6.45, 7) is 2.56. The van der Waals surface area contributed by atoms with Crippen molar-refractivity contribution in [1.82, 2.24) is 4.90 Å². The van der Waals surface area contributed by atoms with E-state index in [1.807, 2.05) is 0 Å². The second-order valence-corrected chi connectivity index (χ2v) is 6.51. The number of carbonyl (C=O) groups is 2. The molecule has 0 saturated carbocycles. The maximum absolute atomic E-state index is 13.1. The summed E-state index contributed by atoms with van der Waals surface area (Å²) in [4.78, 5) is 26.6. The van der Waals surface area contributed by atoms with Crippen LogP contribution in [0.25, 0.3) is 0 Å². The van der Waals surface area contributed by atoms with Gasteiger partial charge < -0.3 is 20.7 Å². The van der Waals surface area contributed by atoms with Crippen molar-refractivity contribution in [3.05, 3.63) is 29.8 Å². The van der Waals surface area contributed by atoms with E-state index in [4.69, 9.17) is 10.5 Å². The molecule has 0 aliphatic carbocycles. The van der Waals surface area contributed by atoms with Crippen molar-refractivity contribution >= 4 is 29.9 Å². The number of anilines is 1. The zero-order valence-electron chi connectivity index (χ0n) is 15.6. The Morgan fingerprint density at radius 3 is 2.39 bits per heavy atom. The highest BCUT2D eigenvalue weighted by Crippen LogP contribution is 2.35. The Morgan fingerprint density at radius 2 is 1.86 bits per heavy atom. The van der Waals surface area contributed by atoms with Gasteiger partial charge in [-0.1, -0.05) is 12.1 Å². The van der Waals surface area contributed by atoms with Crippen molar-refractivity contribution in [3.63, 3.8) is 0 Å². The number of carbonyl (C=O) groups excluding carboxylic acids is 2. The monoisotopic (exact) mass is 423 g/mol. The number of nitrogens with zero attached hydrogens (tertiary/aromatic N) is 1. The van der Waals surface area contributed by atoms with Crippen molar-refractivity contribution in [3.8, 4) is 0 Å². The molecule has 0 spiro atoms. The number of hydrogen-bond acceptors (Lipinski definition) is 4. The third kappa shape index (κ3) is 5.59. The SMILES string of the molecule is CCN(CC(=O)Nc1ccccc1C(F)(F)F)C(=O)C1(CN)CCOCC1.Cl. The average molecular weight is 424 g/mol. The van der Waals surface area contributed by atoms with Crippen molar-refractivity contribution < 1.29 is 27.5 Å². The molecule has 1 aromatic rings. The molecule has 6 nitrogen and oxygen atoms in total. The molecule has 10 heteroatoms. The molecule has 28 heavy (non-hydrogen) atoms. The maximum Gasteiger partial charge on any atom is 0.418 e.